The molecule has 2 atom stereocenters. The Kier molecular flexibility index (Phi) is 3.33. The SMILES string of the molecule is COC1CC2CCC(C1)N2C(=O)c1ccc(=O)n(C)n1. The largest absolute Gasteiger partial charge is 0.381 e. The molecule has 1 aromatic heterocycles. The molecule has 0 N–H and O–H groups in total. The van der Waals surface area contributed by atoms with E-state index in [1.165, 1.54) is 16.8 Å². The number of amides is 1. The number of hydrogen-bond donors (Lipinski definition) is 0. The number of hydrogen-bond acceptors (Lipinski definition) is 4. The van der Waals surface area contributed by atoms with Crippen LogP contribution in [0.3, 0.4) is 0 Å². The van der Waals surface area contributed by atoms with E-state index in [-0.39, 0.29) is 29.7 Å². The van der Waals surface area contributed by atoms with Gasteiger partial charge < -0.3 is 9.64 Å². The van der Waals surface area contributed by atoms with Crippen LogP contribution in [0.25, 0.3) is 0 Å². The van der Waals surface area contributed by atoms with Crippen LogP contribution >= 0.6 is 0 Å². The summed E-state index contributed by atoms with van der Waals surface area (Å²) in [6.07, 6.45) is 4.10. The summed E-state index contributed by atoms with van der Waals surface area (Å²) in [5.74, 6) is -0.0670. The number of rotatable bonds is 2. The zero-order valence-electron chi connectivity index (χ0n) is 11.8. The molecule has 20 heavy (non-hydrogen) atoms. The fourth-order valence-corrected chi connectivity index (χ4v) is 3.40. The molecule has 1 aromatic rings. The number of piperidine rings is 1. The first-order valence-electron chi connectivity index (χ1n) is 7.00. The lowest BCUT2D eigenvalue weighted by Crippen LogP contribution is -2.48. The molecule has 0 aliphatic carbocycles. The minimum Gasteiger partial charge on any atom is -0.381 e. The Labute approximate surface area is 117 Å². The lowest BCUT2D eigenvalue weighted by molar-refractivity contribution is 0.00782. The number of aromatic nitrogens is 2. The third-order valence-corrected chi connectivity index (χ3v) is 4.44. The van der Waals surface area contributed by atoms with Crippen molar-refractivity contribution in [3.63, 3.8) is 0 Å². The predicted molar refractivity (Wildman–Crippen MR) is 72.5 cm³/mol. The Balaban J connectivity index is 1.84. The molecule has 6 heteroatoms. The average molecular weight is 277 g/mol. The van der Waals surface area contributed by atoms with Crippen LogP contribution in [-0.2, 0) is 11.8 Å². The Morgan fingerprint density at radius 2 is 1.95 bits per heavy atom. The molecule has 0 aromatic carbocycles. The standard InChI is InChI=1S/C14H19N3O3/c1-16-13(18)6-5-12(15-16)14(19)17-9-3-4-10(17)8-11(7-9)20-2/h5-6,9-11H,3-4,7-8H2,1-2H3. The Morgan fingerprint density at radius 1 is 1.30 bits per heavy atom. The van der Waals surface area contributed by atoms with Gasteiger partial charge in [0.25, 0.3) is 11.5 Å². The highest BCUT2D eigenvalue weighted by Gasteiger charge is 2.43. The summed E-state index contributed by atoms with van der Waals surface area (Å²) < 4.78 is 6.65. The molecule has 2 fully saturated rings. The lowest BCUT2D eigenvalue weighted by atomic mass is 9.99. The van der Waals surface area contributed by atoms with Crippen LogP contribution < -0.4 is 5.56 Å². The van der Waals surface area contributed by atoms with Gasteiger partial charge in [-0.15, -0.1) is 0 Å². The predicted octanol–water partition coefficient (Wildman–Crippen LogP) is 0.562. The molecule has 2 aliphatic rings. The van der Waals surface area contributed by atoms with Crippen molar-refractivity contribution >= 4 is 5.91 Å². The summed E-state index contributed by atoms with van der Waals surface area (Å²) in [4.78, 5) is 25.9. The Morgan fingerprint density at radius 3 is 2.50 bits per heavy atom. The van der Waals surface area contributed by atoms with Crippen LogP contribution in [0.4, 0.5) is 0 Å². The second-order valence-corrected chi connectivity index (χ2v) is 5.61. The summed E-state index contributed by atoms with van der Waals surface area (Å²) in [6.45, 7) is 0. The van der Waals surface area contributed by atoms with Gasteiger partial charge in [0.05, 0.1) is 6.10 Å². The van der Waals surface area contributed by atoms with Crippen molar-refractivity contribution < 1.29 is 9.53 Å². The van der Waals surface area contributed by atoms with E-state index in [2.05, 4.69) is 5.10 Å². The highest BCUT2D eigenvalue weighted by atomic mass is 16.5. The molecule has 2 unspecified atom stereocenters. The van der Waals surface area contributed by atoms with Gasteiger partial charge in [0.15, 0.2) is 0 Å². The Bertz CT molecular complexity index is 569. The molecular weight excluding hydrogens is 258 g/mol. The van der Waals surface area contributed by atoms with Crippen LogP contribution in [0.2, 0.25) is 0 Å². The smallest absolute Gasteiger partial charge is 0.274 e. The van der Waals surface area contributed by atoms with Crippen molar-refractivity contribution in [1.82, 2.24) is 14.7 Å². The first-order valence-corrected chi connectivity index (χ1v) is 7.00. The monoisotopic (exact) mass is 277 g/mol. The van der Waals surface area contributed by atoms with E-state index in [4.69, 9.17) is 4.74 Å². The normalized spacial score (nSPS) is 28.7. The molecule has 6 nitrogen and oxygen atoms in total. The highest BCUT2D eigenvalue weighted by Crippen LogP contribution is 2.37. The molecule has 2 saturated heterocycles. The van der Waals surface area contributed by atoms with Gasteiger partial charge in [0.2, 0.25) is 0 Å². The van der Waals surface area contributed by atoms with Crippen molar-refractivity contribution in [1.29, 1.82) is 0 Å². The van der Waals surface area contributed by atoms with Gasteiger partial charge in [0.1, 0.15) is 5.69 Å². The van der Waals surface area contributed by atoms with Crippen LogP contribution in [0.5, 0.6) is 0 Å². The summed E-state index contributed by atoms with van der Waals surface area (Å²) in [7, 11) is 3.29. The average Bonchev–Trinajstić information content (AvgIpc) is 2.71. The third-order valence-electron chi connectivity index (χ3n) is 4.44. The zero-order chi connectivity index (χ0) is 14.3. The van der Waals surface area contributed by atoms with E-state index in [0.29, 0.717) is 5.69 Å². The van der Waals surface area contributed by atoms with Gasteiger partial charge in [-0.2, -0.15) is 5.10 Å². The second kappa shape index (κ2) is 5.01. The third kappa shape index (κ3) is 2.14. The van der Waals surface area contributed by atoms with Gasteiger partial charge in [-0.05, 0) is 31.7 Å². The maximum absolute atomic E-state index is 12.6. The van der Waals surface area contributed by atoms with Crippen molar-refractivity contribution in [2.75, 3.05) is 7.11 Å². The number of fused-ring (bicyclic) bond motifs is 2. The van der Waals surface area contributed by atoms with E-state index in [1.807, 2.05) is 4.90 Å². The number of carbonyl (C=O) groups is 1. The van der Waals surface area contributed by atoms with E-state index in [1.54, 1.807) is 14.2 Å². The van der Waals surface area contributed by atoms with Gasteiger partial charge in [-0.25, -0.2) is 4.68 Å². The maximum Gasteiger partial charge on any atom is 0.274 e. The molecule has 2 bridgehead atoms. The summed E-state index contributed by atoms with van der Waals surface area (Å²) in [5, 5.41) is 4.07. The molecular formula is C14H19N3O3. The fraction of sp³-hybridized carbons (Fsp3) is 0.643. The van der Waals surface area contributed by atoms with Gasteiger partial charge in [-0.3, -0.25) is 9.59 Å². The topological polar surface area (TPSA) is 64.4 Å². The number of aryl methyl sites for hydroxylation is 1. The van der Waals surface area contributed by atoms with Crippen LogP contribution in [0.15, 0.2) is 16.9 Å². The number of carbonyl (C=O) groups excluding carboxylic acids is 1. The van der Waals surface area contributed by atoms with E-state index < -0.39 is 0 Å². The summed E-state index contributed by atoms with van der Waals surface area (Å²) >= 11 is 0. The van der Waals surface area contributed by atoms with Gasteiger partial charge in [-0.1, -0.05) is 0 Å². The molecule has 2 aliphatic heterocycles. The maximum atomic E-state index is 12.6. The van der Waals surface area contributed by atoms with E-state index in [0.717, 1.165) is 25.7 Å². The molecule has 3 rings (SSSR count). The van der Waals surface area contributed by atoms with Crippen LogP contribution in [-0.4, -0.2) is 45.9 Å². The lowest BCUT2D eigenvalue weighted by Gasteiger charge is -2.38. The van der Waals surface area contributed by atoms with E-state index in [9.17, 15) is 9.59 Å². The van der Waals surface area contributed by atoms with Crippen LogP contribution in [0, 0.1) is 0 Å². The molecule has 3 heterocycles. The summed E-state index contributed by atoms with van der Waals surface area (Å²) in [6, 6.07) is 3.40. The molecule has 0 saturated carbocycles. The first kappa shape index (κ1) is 13.3. The quantitative estimate of drug-likeness (QED) is 0.792. The minimum atomic E-state index is -0.206. The summed E-state index contributed by atoms with van der Waals surface area (Å²) in [5.41, 5.74) is 0.141. The molecule has 108 valence electrons. The van der Waals surface area contributed by atoms with Gasteiger partial charge >= 0.3 is 0 Å². The second-order valence-electron chi connectivity index (χ2n) is 5.61. The minimum absolute atomic E-state index is 0.0670. The number of nitrogens with zero attached hydrogens (tertiary/aromatic N) is 3. The number of ether oxygens (including phenoxy) is 1. The van der Waals surface area contributed by atoms with Crippen molar-refractivity contribution in [2.24, 2.45) is 7.05 Å². The Hall–Kier alpha value is -1.69. The first-order chi connectivity index (χ1) is 9.60. The van der Waals surface area contributed by atoms with Crippen molar-refractivity contribution in [2.45, 2.75) is 43.9 Å². The van der Waals surface area contributed by atoms with Crippen LogP contribution in [0.1, 0.15) is 36.2 Å². The number of methoxy groups -OCH3 is 1. The molecule has 1 amide bonds. The highest BCUT2D eigenvalue weighted by molar-refractivity contribution is 5.92. The van der Waals surface area contributed by atoms with Crippen molar-refractivity contribution in [3.8, 4) is 0 Å². The van der Waals surface area contributed by atoms with E-state index >= 15 is 0 Å². The zero-order valence-corrected chi connectivity index (χ0v) is 11.8. The fourth-order valence-electron chi connectivity index (χ4n) is 3.40. The van der Waals surface area contributed by atoms with Gasteiger partial charge in [0, 0.05) is 32.3 Å². The molecule has 0 radical (unpaired) electrons. The van der Waals surface area contributed by atoms with Crippen molar-refractivity contribution in [3.05, 3.63) is 28.2 Å². The molecule has 0 spiro atoms.